The Labute approximate surface area is 156 Å². The first-order valence-corrected chi connectivity index (χ1v) is 9.16. The average Bonchev–Trinajstić information content (AvgIpc) is 3.27. The first-order valence-electron chi connectivity index (χ1n) is 8.78. The molecule has 1 saturated carbocycles. The summed E-state index contributed by atoms with van der Waals surface area (Å²) in [5, 5.41) is 10.9. The topological polar surface area (TPSA) is 74.2 Å². The lowest BCUT2D eigenvalue weighted by molar-refractivity contribution is -0.141. The number of aliphatic hydroxyl groups excluding tert-OH is 1. The monoisotopic (exact) mass is 380 g/mol. The molecular formula is C19H21ClO6. The van der Waals surface area contributed by atoms with Crippen molar-refractivity contribution in [2.24, 2.45) is 11.8 Å². The number of carbonyl (C=O) groups is 1. The number of carbonyl (C=O) groups excluding carboxylic acids is 1. The van der Waals surface area contributed by atoms with Crippen LogP contribution >= 0.6 is 11.6 Å². The van der Waals surface area contributed by atoms with Crippen molar-refractivity contribution in [2.75, 3.05) is 19.8 Å². The van der Waals surface area contributed by atoms with E-state index >= 15 is 0 Å². The molecule has 4 atom stereocenters. The molecule has 0 radical (unpaired) electrons. The van der Waals surface area contributed by atoms with Crippen LogP contribution in [0.1, 0.15) is 12.8 Å². The second-order valence-corrected chi connectivity index (χ2v) is 7.33. The third-order valence-corrected chi connectivity index (χ3v) is 5.39. The van der Waals surface area contributed by atoms with E-state index in [1.165, 1.54) is 0 Å². The van der Waals surface area contributed by atoms with Crippen LogP contribution in [-0.2, 0) is 19.0 Å². The SMILES string of the molecule is O=C1C[C@@H]2[C@@H](C=CC3(COc4cccc(Cl)c4)OCCO3)[C@H](O)C[C@@H]2O1. The lowest BCUT2D eigenvalue weighted by atomic mass is 9.91. The van der Waals surface area contributed by atoms with Gasteiger partial charge in [-0.25, -0.2) is 0 Å². The summed E-state index contributed by atoms with van der Waals surface area (Å²) in [6, 6.07) is 7.12. The van der Waals surface area contributed by atoms with Crippen molar-refractivity contribution in [3.05, 3.63) is 41.4 Å². The van der Waals surface area contributed by atoms with Gasteiger partial charge in [-0.1, -0.05) is 23.7 Å². The molecular weight excluding hydrogens is 360 g/mol. The maximum Gasteiger partial charge on any atom is 0.306 e. The molecule has 1 aromatic carbocycles. The predicted molar refractivity (Wildman–Crippen MR) is 92.8 cm³/mol. The molecule has 140 valence electrons. The van der Waals surface area contributed by atoms with Crippen molar-refractivity contribution in [1.29, 1.82) is 0 Å². The van der Waals surface area contributed by atoms with Crippen LogP contribution < -0.4 is 4.74 Å². The fraction of sp³-hybridized carbons (Fsp3) is 0.526. The van der Waals surface area contributed by atoms with Gasteiger partial charge in [0.25, 0.3) is 0 Å². The molecule has 1 N–H and O–H groups in total. The molecule has 0 unspecified atom stereocenters. The zero-order valence-corrected chi connectivity index (χ0v) is 14.9. The largest absolute Gasteiger partial charge is 0.488 e. The number of esters is 1. The van der Waals surface area contributed by atoms with Gasteiger partial charge in [-0.05, 0) is 24.3 Å². The van der Waals surface area contributed by atoms with Gasteiger partial charge < -0.3 is 24.1 Å². The minimum atomic E-state index is -1.01. The lowest BCUT2D eigenvalue weighted by Gasteiger charge is -2.25. The van der Waals surface area contributed by atoms with E-state index in [1.54, 1.807) is 18.2 Å². The maximum absolute atomic E-state index is 11.5. The van der Waals surface area contributed by atoms with Crippen LogP contribution in [0.5, 0.6) is 5.75 Å². The molecule has 26 heavy (non-hydrogen) atoms. The van der Waals surface area contributed by atoms with E-state index < -0.39 is 11.9 Å². The van der Waals surface area contributed by atoms with Crippen LogP contribution in [0.3, 0.4) is 0 Å². The molecule has 2 heterocycles. The van der Waals surface area contributed by atoms with E-state index in [0.29, 0.717) is 36.8 Å². The zero-order chi connectivity index (χ0) is 18.1. The van der Waals surface area contributed by atoms with Gasteiger partial charge in [0, 0.05) is 23.3 Å². The van der Waals surface area contributed by atoms with E-state index in [-0.39, 0.29) is 30.5 Å². The van der Waals surface area contributed by atoms with E-state index in [2.05, 4.69) is 0 Å². The Balaban J connectivity index is 1.46. The van der Waals surface area contributed by atoms with Crippen LogP contribution in [-0.4, -0.2) is 48.9 Å². The third kappa shape index (κ3) is 3.60. The molecule has 0 spiro atoms. The Kier molecular flexibility index (Phi) is 4.92. The lowest BCUT2D eigenvalue weighted by Crippen LogP contribution is -2.35. The van der Waals surface area contributed by atoms with Crippen molar-refractivity contribution in [3.63, 3.8) is 0 Å². The van der Waals surface area contributed by atoms with E-state index in [1.807, 2.05) is 18.2 Å². The number of rotatable bonds is 5. The predicted octanol–water partition coefficient (Wildman–Crippen LogP) is 2.33. The summed E-state index contributed by atoms with van der Waals surface area (Å²) in [5.74, 6) is -0.745. The molecule has 3 fully saturated rings. The molecule has 7 heteroatoms. The highest BCUT2D eigenvalue weighted by Gasteiger charge is 2.49. The zero-order valence-electron chi connectivity index (χ0n) is 14.2. The number of benzene rings is 1. The molecule has 0 aromatic heterocycles. The highest BCUT2D eigenvalue weighted by Crippen LogP contribution is 2.42. The summed E-state index contributed by atoms with van der Waals surface area (Å²) < 4.78 is 22.6. The van der Waals surface area contributed by atoms with Crippen molar-refractivity contribution < 1.29 is 28.8 Å². The molecule has 0 bridgehead atoms. The van der Waals surface area contributed by atoms with Crippen molar-refractivity contribution in [3.8, 4) is 5.75 Å². The van der Waals surface area contributed by atoms with Gasteiger partial charge in [0.15, 0.2) is 0 Å². The molecule has 4 rings (SSSR count). The maximum atomic E-state index is 11.5. The van der Waals surface area contributed by atoms with Gasteiger partial charge in [0.2, 0.25) is 5.79 Å². The minimum absolute atomic E-state index is 0.000973. The number of fused-ring (bicyclic) bond motifs is 1. The molecule has 0 amide bonds. The van der Waals surface area contributed by atoms with Gasteiger partial charge in [-0.3, -0.25) is 4.79 Å². The molecule has 2 aliphatic heterocycles. The highest BCUT2D eigenvalue weighted by atomic mass is 35.5. The summed E-state index contributed by atoms with van der Waals surface area (Å²) in [4.78, 5) is 11.5. The summed E-state index contributed by atoms with van der Waals surface area (Å²) in [6.07, 6.45) is 3.75. The van der Waals surface area contributed by atoms with Gasteiger partial charge >= 0.3 is 5.97 Å². The van der Waals surface area contributed by atoms with Crippen LogP contribution in [0.2, 0.25) is 5.02 Å². The number of hydrogen-bond donors (Lipinski definition) is 1. The average molecular weight is 381 g/mol. The summed E-state index contributed by atoms with van der Waals surface area (Å²) in [5.41, 5.74) is 0. The van der Waals surface area contributed by atoms with Crippen LogP contribution in [0.25, 0.3) is 0 Å². The number of halogens is 1. The molecule has 1 aliphatic carbocycles. The quantitative estimate of drug-likeness (QED) is 0.624. The summed E-state index contributed by atoms with van der Waals surface area (Å²) >= 11 is 5.98. The highest BCUT2D eigenvalue weighted by molar-refractivity contribution is 6.30. The van der Waals surface area contributed by atoms with Crippen LogP contribution in [0, 0.1) is 11.8 Å². The van der Waals surface area contributed by atoms with Gasteiger partial charge in [0.1, 0.15) is 18.5 Å². The number of ether oxygens (including phenoxy) is 4. The number of aliphatic hydroxyl groups is 1. The first-order chi connectivity index (χ1) is 12.5. The Morgan fingerprint density at radius 3 is 2.92 bits per heavy atom. The molecule has 1 aromatic rings. The Bertz CT molecular complexity index is 699. The van der Waals surface area contributed by atoms with E-state index in [0.717, 1.165) is 0 Å². The van der Waals surface area contributed by atoms with Gasteiger partial charge in [-0.2, -0.15) is 0 Å². The van der Waals surface area contributed by atoms with Crippen molar-refractivity contribution in [1.82, 2.24) is 0 Å². The van der Waals surface area contributed by atoms with Crippen molar-refractivity contribution in [2.45, 2.75) is 30.8 Å². The smallest absolute Gasteiger partial charge is 0.306 e. The fourth-order valence-electron chi connectivity index (χ4n) is 3.88. The second-order valence-electron chi connectivity index (χ2n) is 6.89. The standard InChI is InChI=1S/C19H21ClO6/c20-12-2-1-3-13(8-12)23-11-19(24-6-7-25-19)5-4-14-15-9-18(22)26-17(15)10-16(14)21/h1-5,8,14-17,21H,6-7,9-11H2/t14-,15-,16-,17+/m1/s1. The second kappa shape index (κ2) is 7.19. The molecule has 6 nitrogen and oxygen atoms in total. The normalized spacial score (nSPS) is 32.8. The van der Waals surface area contributed by atoms with Crippen LogP contribution in [0.15, 0.2) is 36.4 Å². The Morgan fingerprint density at radius 2 is 2.15 bits per heavy atom. The minimum Gasteiger partial charge on any atom is -0.488 e. The molecule has 3 aliphatic rings. The van der Waals surface area contributed by atoms with Crippen LogP contribution in [0.4, 0.5) is 0 Å². The summed E-state index contributed by atoms with van der Waals surface area (Å²) in [6.45, 7) is 1.09. The summed E-state index contributed by atoms with van der Waals surface area (Å²) in [7, 11) is 0. The van der Waals surface area contributed by atoms with Gasteiger partial charge in [0.05, 0.1) is 25.7 Å². The first kappa shape index (κ1) is 17.8. The third-order valence-electron chi connectivity index (χ3n) is 5.16. The van der Waals surface area contributed by atoms with E-state index in [9.17, 15) is 9.90 Å². The van der Waals surface area contributed by atoms with Crippen molar-refractivity contribution >= 4 is 17.6 Å². The van der Waals surface area contributed by atoms with E-state index in [4.69, 9.17) is 30.5 Å². The van der Waals surface area contributed by atoms with Gasteiger partial charge in [-0.15, -0.1) is 0 Å². The molecule has 2 saturated heterocycles. The Morgan fingerprint density at radius 1 is 1.35 bits per heavy atom. The fourth-order valence-corrected chi connectivity index (χ4v) is 4.06. The Hall–Kier alpha value is -1.60. The number of hydrogen-bond acceptors (Lipinski definition) is 6.